The number of aliphatic carboxylic acids is 1. The van der Waals surface area contributed by atoms with Crippen molar-refractivity contribution in [2.45, 2.75) is 32.2 Å². The minimum Gasteiger partial charge on any atom is -0.496 e. The van der Waals surface area contributed by atoms with Gasteiger partial charge < -0.3 is 9.84 Å². The highest BCUT2D eigenvalue weighted by atomic mass is 16.5. The summed E-state index contributed by atoms with van der Waals surface area (Å²) in [6.45, 7) is 3.60. The number of carbonyl (C=O) groups is 1. The molecule has 0 spiro atoms. The molecule has 26 heavy (non-hydrogen) atoms. The van der Waals surface area contributed by atoms with Crippen molar-refractivity contribution in [1.82, 2.24) is 4.90 Å². The number of carboxylic acid groups (broad SMARTS) is 1. The molecule has 1 aliphatic rings. The van der Waals surface area contributed by atoms with Crippen LogP contribution in [-0.2, 0) is 11.2 Å². The molecule has 4 nitrogen and oxygen atoms in total. The van der Waals surface area contributed by atoms with Crippen molar-refractivity contribution < 1.29 is 14.6 Å². The lowest BCUT2D eigenvalue weighted by Crippen LogP contribution is -2.41. The number of piperidine rings is 1. The van der Waals surface area contributed by atoms with Gasteiger partial charge in [-0.1, -0.05) is 49.4 Å². The molecule has 2 aromatic rings. The second kappa shape index (κ2) is 8.37. The van der Waals surface area contributed by atoms with Gasteiger partial charge in [0.15, 0.2) is 0 Å². The van der Waals surface area contributed by atoms with E-state index in [4.69, 9.17) is 4.74 Å². The van der Waals surface area contributed by atoms with Gasteiger partial charge in [0.05, 0.1) is 19.1 Å². The third-order valence-corrected chi connectivity index (χ3v) is 5.30. The Morgan fingerprint density at radius 3 is 2.62 bits per heavy atom. The fourth-order valence-electron chi connectivity index (χ4n) is 3.86. The highest BCUT2D eigenvalue weighted by Gasteiger charge is 2.32. The molecule has 1 saturated heterocycles. The van der Waals surface area contributed by atoms with Crippen molar-refractivity contribution in [2.24, 2.45) is 5.92 Å². The Bertz CT molecular complexity index is 741. The van der Waals surface area contributed by atoms with Crippen LogP contribution in [0.2, 0.25) is 0 Å². The highest BCUT2D eigenvalue weighted by Crippen LogP contribution is 2.37. The Hall–Kier alpha value is -2.33. The molecule has 1 fully saturated rings. The minimum atomic E-state index is -0.699. The summed E-state index contributed by atoms with van der Waals surface area (Å²) in [5.74, 6) is -0.166. The summed E-state index contributed by atoms with van der Waals surface area (Å²) in [6.07, 6.45) is 2.65. The number of likely N-dealkylation sites (tertiary alicyclic amines) is 1. The average Bonchev–Trinajstić information content (AvgIpc) is 2.69. The number of hydrogen-bond acceptors (Lipinski definition) is 3. The van der Waals surface area contributed by atoms with E-state index < -0.39 is 5.97 Å². The lowest BCUT2D eigenvalue weighted by Gasteiger charge is -2.38. The van der Waals surface area contributed by atoms with Crippen LogP contribution in [0.15, 0.2) is 48.5 Å². The third kappa shape index (κ3) is 3.91. The second-order valence-corrected chi connectivity index (χ2v) is 6.91. The summed E-state index contributed by atoms with van der Waals surface area (Å²) in [7, 11) is 1.69. The summed E-state index contributed by atoms with van der Waals surface area (Å²) in [5.41, 5.74) is 3.57. The van der Waals surface area contributed by atoms with Gasteiger partial charge in [-0.15, -0.1) is 0 Å². The van der Waals surface area contributed by atoms with Crippen LogP contribution in [0.1, 0.15) is 42.5 Å². The number of rotatable bonds is 6. The molecular formula is C22H27NO3. The Balaban J connectivity index is 2.02. The topological polar surface area (TPSA) is 49.8 Å². The first kappa shape index (κ1) is 18.5. The van der Waals surface area contributed by atoms with Crippen molar-refractivity contribution >= 4 is 5.97 Å². The zero-order valence-electron chi connectivity index (χ0n) is 15.5. The first-order valence-corrected chi connectivity index (χ1v) is 9.32. The molecule has 3 rings (SSSR count). The van der Waals surface area contributed by atoms with Crippen molar-refractivity contribution in [1.29, 1.82) is 0 Å². The van der Waals surface area contributed by atoms with Crippen LogP contribution in [0.5, 0.6) is 5.75 Å². The van der Waals surface area contributed by atoms with Gasteiger partial charge in [0.2, 0.25) is 0 Å². The minimum absolute atomic E-state index is 0.000735. The monoisotopic (exact) mass is 353 g/mol. The van der Waals surface area contributed by atoms with Crippen molar-refractivity contribution in [3.8, 4) is 5.75 Å². The Kier molecular flexibility index (Phi) is 5.94. The molecule has 2 atom stereocenters. The summed E-state index contributed by atoms with van der Waals surface area (Å²) in [5, 5.41) is 9.50. The molecule has 0 aliphatic carbocycles. The lowest BCUT2D eigenvalue weighted by molar-refractivity contribution is -0.143. The van der Waals surface area contributed by atoms with Crippen molar-refractivity contribution in [3.05, 3.63) is 65.2 Å². The zero-order chi connectivity index (χ0) is 18.5. The van der Waals surface area contributed by atoms with Crippen molar-refractivity contribution in [2.75, 3.05) is 20.2 Å². The number of aryl methyl sites for hydroxylation is 1. The molecule has 2 aromatic carbocycles. The molecule has 4 heteroatoms. The van der Waals surface area contributed by atoms with Gasteiger partial charge in [-0.05, 0) is 43.0 Å². The predicted molar refractivity (Wildman–Crippen MR) is 103 cm³/mol. The smallest absolute Gasteiger partial charge is 0.307 e. The van der Waals surface area contributed by atoms with Crippen LogP contribution in [0.4, 0.5) is 0 Å². The number of hydrogen-bond donors (Lipinski definition) is 1. The molecule has 0 amide bonds. The molecule has 138 valence electrons. The van der Waals surface area contributed by atoms with E-state index in [-0.39, 0.29) is 12.0 Å². The van der Waals surface area contributed by atoms with Gasteiger partial charge >= 0.3 is 5.97 Å². The van der Waals surface area contributed by atoms with Crippen LogP contribution in [0, 0.1) is 5.92 Å². The van der Waals surface area contributed by atoms with E-state index in [1.54, 1.807) is 7.11 Å². The van der Waals surface area contributed by atoms with Gasteiger partial charge in [-0.3, -0.25) is 9.69 Å². The highest BCUT2D eigenvalue weighted by molar-refractivity contribution is 5.70. The molecule has 1 N–H and O–H groups in total. The number of ether oxygens (including phenoxy) is 1. The normalized spacial score (nSPS) is 19.1. The van der Waals surface area contributed by atoms with Gasteiger partial charge in [-0.2, -0.15) is 0 Å². The average molecular weight is 353 g/mol. The molecule has 0 saturated carbocycles. The van der Waals surface area contributed by atoms with Crippen LogP contribution in [-0.4, -0.2) is 36.2 Å². The second-order valence-electron chi connectivity index (χ2n) is 6.91. The predicted octanol–water partition coefficient (Wildman–Crippen LogP) is 4.14. The fourth-order valence-corrected chi connectivity index (χ4v) is 3.86. The summed E-state index contributed by atoms with van der Waals surface area (Å²) in [6, 6.07) is 16.7. The van der Waals surface area contributed by atoms with Crippen molar-refractivity contribution in [3.63, 3.8) is 0 Å². The zero-order valence-corrected chi connectivity index (χ0v) is 15.5. The standard InChI is InChI=1S/C22H27NO3/c1-3-16-10-12-17(13-11-16)21(19-8-4-5-9-20(19)26-2)23-14-6-7-18(15-23)22(24)25/h4-5,8-13,18,21H,3,6-7,14-15H2,1-2H3,(H,24,25). The lowest BCUT2D eigenvalue weighted by atomic mass is 9.90. The van der Waals surface area contributed by atoms with Gasteiger partial charge in [0.25, 0.3) is 0 Å². The molecule has 0 radical (unpaired) electrons. The number of carboxylic acids is 1. The first-order valence-electron chi connectivity index (χ1n) is 9.32. The number of nitrogens with zero attached hydrogens (tertiary/aromatic N) is 1. The molecular weight excluding hydrogens is 326 g/mol. The number of methoxy groups -OCH3 is 1. The SMILES string of the molecule is CCc1ccc(C(c2ccccc2OC)N2CCCC(C(=O)O)C2)cc1. The number of para-hydroxylation sites is 1. The molecule has 1 heterocycles. The Labute approximate surface area is 155 Å². The fraction of sp³-hybridized carbons (Fsp3) is 0.409. The van der Waals surface area contributed by atoms with E-state index in [1.165, 1.54) is 11.1 Å². The maximum Gasteiger partial charge on any atom is 0.307 e. The number of benzene rings is 2. The van der Waals surface area contributed by atoms with E-state index in [9.17, 15) is 9.90 Å². The first-order chi connectivity index (χ1) is 12.6. The van der Waals surface area contributed by atoms with Gasteiger partial charge in [0.1, 0.15) is 5.75 Å². The Morgan fingerprint density at radius 2 is 1.96 bits per heavy atom. The van der Waals surface area contributed by atoms with Crippen LogP contribution < -0.4 is 4.74 Å². The summed E-state index contributed by atoms with van der Waals surface area (Å²) in [4.78, 5) is 13.8. The Morgan fingerprint density at radius 1 is 1.23 bits per heavy atom. The maximum atomic E-state index is 11.6. The largest absolute Gasteiger partial charge is 0.496 e. The van der Waals surface area contributed by atoms with E-state index in [1.807, 2.05) is 18.2 Å². The van der Waals surface area contributed by atoms with Gasteiger partial charge in [-0.25, -0.2) is 0 Å². The quantitative estimate of drug-likeness (QED) is 0.848. The van der Waals surface area contributed by atoms with E-state index >= 15 is 0 Å². The summed E-state index contributed by atoms with van der Waals surface area (Å²) >= 11 is 0. The molecule has 2 unspecified atom stereocenters. The van der Waals surface area contributed by atoms with E-state index in [0.29, 0.717) is 6.54 Å². The van der Waals surface area contributed by atoms with Crippen LogP contribution in [0.25, 0.3) is 0 Å². The van der Waals surface area contributed by atoms with E-state index in [0.717, 1.165) is 37.1 Å². The third-order valence-electron chi connectivity index (χ3n) is 5.30. The summed E-state index contributed by atoms with van der Waals surface area (Å²) < 4.78 is 5.61. The molecule has 1 aliphatic heterocycles. The maximum absolute atomic E-state index is 11.6. The molecule has 0 aromatic heterocycles. The van der Waals surface area contributed by atoms with Crippen LogP contribution in [0.3, 0.4) is 0 Å². The van der Waals surface area contributed by atoms with Crippen LogP contribution >= 0.6 is 0 Å². The van der Waals surface area contributed by atoms with Gasteiger partial charge in [0, 0.05) is 12.1 Å². The molecule has 0 bridgehead atoms. The van der Waals surface area contributed by atoms with E-state index in [2.05, 4.69) is 42.2 Å².